The first-order valence-corrected chi connectivity index (χ1v) is 5.76. The number of alkyl halides is 3. The molecule has 102 valence electrons. The van der Waals surface area contributed by atoms with Gasteiger partial charge in [0.25, 0.3) is 0 Å². The summed E-state index contributed by atoms with van der Waals surface area (Å²) >= 11 is 0. The summed E-state index contributed by atoms with van der Waals surface area (Å²) in [5.41, 5.74) is 1.88. The molecule has 18 heavy (non-hydrogen) atoms. The SMILES string of the molecule is CC(C)C(C)C(NN)c1cnccc1C(F)(F)F. The van der Waals surface area contributed by atoms with Gasteiger partial charge in [-0.3, -0.25) is 16.3 Å². The Labute approximate surface area is 105 Å². The van der Waals surface area contributed by atoms with Crippen LogP contribution in [0.4, 0.5) is 13.2 Å². The predicted molar refractivity (Wildman–Crippen MR) is 63.3 cm³/mol. The van der Waals surface area contributed by atoms with Crippen LogP contribution in [0.3, 0.4) is 0 Å². The minimum Gasteiger partial charge on any atom is -0.271 e. The van der Waals surface area contributed by atoms with Crippen molar-refractivity contribution in [2.24, 2.45) is 17.7 Å². The van der Waals surface area contributed by atoms with E-state index in [9.17, 15) is 13.2 Å². The molecule has 1 aromatic heterocycles. The lowest BCUT2D eigenvalue weighted by Crippen LogP contribution is -2.36. The Morgan fingerprint density at radius 3 is 2.33 bits per heavy atom. The van der Waals surface area contributed by atoms with Crippen molar-refractivity contribution in [2.75, 3.05) is 0 Å². The first-order valence-electron chi connectivity index (χ1n) is 5.76. The van der Waals surface area contributed by atoms with Crippen LogP contribution in [0.25, 0.3) is 0 Å². The molecule has 2 unspecified atom stereocenters. The molecule has 3 N–H and O–H groups in total. The van der Waals surface area contributed by atoms with Gasteiger partial charge in [0.2, 0.25) is 0 Å². The van der Waals surface area contributed by atoms with E-state index in [2.05, 4.69) is 10.4 Å². The Bertz CT molecular complexity index is 390. The molecule has 2 atom stereocenters. The summed E-state index contributed by atoms with van der Waals surface area (Å²) < 4.78 is 38.7. The quantitative estimate of drug-likeness (QED) is 0.647. The maximum atomic E-state index is 12.9. The lowest BCUT2D eigenvalue weighted by Gasteiger charge is -2.28. The highest BCUT2D eigenvalue weighted by Gasteiger charge is 2.36. The number of pyridine rings is 1. The van der Waals surface area contributed by atoms with Crippen molar-refractivity contribution in [1.29, 1.82) is 0 Å². The van der Waals surface area contributed by atoms with Crippen molar-refractivity contribution in [2.45, 2.75) is 33.0 Å². The van der Waals surface area contributed by atoms with E-state index >= 15 is 0 Å². The standard InChI is InChI=1S/C12H18F3N3/c1-7(2)8(3)11(18-16)9-6-17-5-4-10(9)12(13,14)15/h4-8,11,18H,16H2,1-3H3. The van der Waals surface area contributed by atoms with Crippen molar-refractivity contribution < 1.29 is 13.2 Å². The summed E-state index contributed by atoms with van der Waals surface area (Å²) in [7, 11) is 0. The van der Waals surface area contributed by atoms with E-state index in [0.29, 0.717) is 0 Å². The topological polar surface area (TPSA) is 50.9 Å². The van der Waals surface area contributed by atoms with Gasteiger partial charge in [0.05, 0.1) is 11.6 Å². The third-order valence-corrected chi connectivity index (χ3v) is 3.25. The summed E-state index contributed by atoms with van der Waals surface area (Å²) in [6.07, 6.45) is -2.03. The molecule has 0 saturated carbocycles. The second-order valence-electron chi connectivity index (χ2n) is 4.71. The Kier molecular flexibility index (Phi) is 4.70. The first kappa shape index (κ1) is 14.9. The predicted octanol–water partition coefficient (Wildman–Crippen LogP) is 2.90. The second-order valence-corrected chi connectivity index (χ2v) is 4.71. The number of hydrazine groups is 1. The number of hydrogen-bond acceptors (Lipinski definition) is 3. The van der Waals surface area contributed by atoms with Crippen LogP contribution in [0.15, 0.2) is 18.5 Å². The van der Waals surface area contributed by atoms with E-state index in [0.717, 1.165) is 12.3 Å². The zero-order valence-corrected chi connectivity index (χ0v) is 10.6. The highest BCUT2D eigenvalue weighted by molar-refractivity contribution is 5.29. The molecule has 0 aliphatic carbocycles. The maximum Gasteiger partial charge on any atom is 0.416 e. The van der Waals surface area contributed by atoms with Crippen LogP contribution in [-0.4, -0.2) is 4.98 Å². The average Bonchev–Trinajstić information content (AvgIpc) is 2.29. The van der Waals surface area contributed by atoms with Gasteiger partial charge < -0.3 is 0 Å². The van der Waals surface area contributed by atoms with Crippen LogP contribution >= 0.6 is 0 Å². The van der Waals surface area contributed by atoms with Gasteiger partial charge in [-0.25, -0.2) is 0 Å². The molecule has 0 radical (unpaired) electrons. The molecule has 0 aliphatic heterocycles. The third kappa shape index (κ3) is 3.20. The molecular formula is C12H18F3N3. The van der Waals surface area contributed by atoms with Gasteiger partial charge in [0.1, 0.15) is 0 Å². The van der Waals surface area contributed by atoms with E-state index in [-0.39, 0.29) is 17.4 Å². The van der Waals surface area contributed by atoms with E-state index in [1.165, 1.54) is 6.20 Å². The van der Waals surface area contributed by atoms with E-state index in [4.69, 9.17) is 5.84 Å². The average molecular weight is 261 g/mol. The Balaban J connectivity index is 3.22. The second kappa shape index (κ2) is 5.67. The van der Waals surface area contributed by atoms with E-state index in [1.807, 2.05) is 20.8 Å². The zero-order valence-electron chi connectivity index (χ0n) is 10.6. The smallest absolute Gasteiger partial charge is 0.271 e. The van der Waals surface area contributed by atoms with Crippen LogP contribution in [0, 0.1) is 11.8 Å². The molecule has 0 aromatic carbocycles. The molecule has 0 fully saturated rings. The normalized spacial score (nSPS) is 15.8. The van der Waals surface area contributed by atoms with Crippen LogP contribution in [0.1, 0.15) is 37.9 Å². The van der Waals surface area contributed by atoms with Gasteiger partial charge in [-0.15, -0.1) is 0 Å². The van der Waals surface area contributed by atoms with Gasteiger partial charge in [-0.1, -0.05) is 20.8 Å². The molecule has 3 nitrogen and oxygen atoms in total. The molecule has 1 heterocycles. The van der Waals surface area contributed by atoms with Crippen LogP contribution in [0.2, 0.25) is 0 Å². The minimum atomic E-state index is -4.40. The molecule has 0 aliphatic rings. The van der Waals surface area contributed by atoms with Gasteiger partial charge in [0.15, 0.2) is 0 Å². The number of nitrogens with zero attached hydrogens (tertiary/aromatic N) is 1. The number of aromatic nitrogens is 1. The summed E-state index contributed by atoms with van der Waals surface area (Å²) in [5.74, 6) is 5.57. The van der Waals surface area contributed by atoms with Crippen molar-refractivity contribution in [3.63, 3.8) is 0 Å². The van der Waals surface area contributed by atoms with Crippen LogP contribution in [0.5, 0.6) is 0 Å². The molecule has 1 rings (SSSR count). The first-order chi connectivity index (χ1) is 8.29. The largest absolute Gasteiger partial charge is 0.416 e. The van der Waals surface area contributed by atoms with Gasteiger partial charge in [-0.05, 0) is 17.9 Å². The number of hydrogen-bond donors (Lipinski definition) is 2. The zero-order chi connectivity index (χ0) is 13.9. The van der Waals surface area contributed by atoms with E-state index < -0.39 is 17.8 Å². The summed E-state index contributed by atoms with van der Waals surface area (Å²) in [6, 6.07) is 0.405. The number of nitrogens with two attached hydrogens (primary N) is 1. The van der Waals surface area contributed by atoms with E-state index in [1.54, 1.807) is 0 Å². The van der Waals surface area contributed by atoms with Crippen molar-refractivity contribution in [3.8, 4) is 0 Å². The summed E-state index contributed by atoms with van der Waals surface area (Å²) in [4.78, 5) is 3.77. The lowest BCUT2D eigenvalue weighted by atomic mass is 9.85. The fourth-order valence-corrected chi connectivity index (χ4v) is 1.82. The Morgan fingerprint density at radius 1 is 1.28 bits per heavy atom. The van der Waals surface area contributed by atoms with Crippen molar-refractivity contribution in [1.82, 2.24) is 10.4 Å². The number of halogens is 3. The number of rotatable bonds is 4. The fraction of sp³-hybridized carbons (Fsp3) is 0.583. The lowest BCUT2D eigenvalue weighted by molar-refractivity contribution is -0.138. The van der Waals surface area contributed by atoms with Crippen LogP contribution < -0.4 is 11.3 Å². The van der Waals surface area contributed by atoms with Crippen LogP contribution in [-0.2, 0) is 6.18 Å². The summed E-state index contributed by atoms with van der Waals surface area (Å²) in [5, 5.41) is 0. The Hall–Kier alpha value is -1.14. The summed E-state index contributed by atoms with van der Waals surface area (Å²) in [6.45, 7) is 5.75. The molecule has 0 bridgehead atoms. The maximum absolute atomic E-state index is 12.9. The monoisotopic (exact) mass is 261 g/mol. The van der Waals surface area contributed by atoms with Gasteiger partial charge in [0, 0.05) is 18.0 Å². The molecule has 0 saturated heterocycles. The minimum absolute atomic E-state index is 0.0414. The number of nitrogens with one attached hydrogen (secondary N) is 1. The Morgan fingerprint density at radius 2 is 1.89 bits per heavy atom. The van der Waals surface area contributed by atoms with Crippen molar-refractivity contribution >= 4 is 0 Å². The molecule has 6 heteroatoms. The van der Waals surface area contributed by atoms with Gasteiger partial charge >= 0.3 is 6.18 Å². The molecular weight excluding hydrogens is 243 g/mol. The third-order valence-electron chi connectivity index (χ3n) is 3.25. The van der Waals surface area contributed by atoms with Gasteiger partial charge in [-0.2, -0.15) is 13.2 Å². The fourth-order valence-electron chi connectivity index (χ4n) is 1.82. The molecule has 1 aromatic rings. The molecule has 0 amide bonds. The highest BCUT2D eigenvalue weighted by Crippen LogP contribution is 2.37. The van der Waals surface area contributed by atoms with Crippen molar-refractivity contribution in [3.05, 3.63) is 29.6 Å². The highest BCUT2D eigenvalue weighted by atomic mass is 19.4. The molecule has 0 spiro atoms.